The molecule has 0 aliphatic rings. The van der Waals surface area contributed by atoms with E-state index < -0.39 is 0 Å². The quantitative estimate of drug-likeness (QED) is 0.727. The highest BCUT2D eigenvalue weighted by Gasteiger charge is 2.06. The highest BCUT2D eigenvalue weighted by Crippen LogP contribution is 2.00. The second-order valence-corrected chi connectivity index (χ2v) is 3.43. The first-order valence-electron chi connectivity index (χ1n) is 6.87. The molecule has 0 fully saturated rings. The molecule has 0 rings (SSSR count). The summed E-state index contributed by atoms with van der Waals surface area (Å²) in [6.45, 7) is 14.2. The highest BCUT2D eigenvalue weighted by molar-refractivity contribution is 5.80. The van der Waals surface area contributed by atoms with Gasteiger partial charge in [0.2, 0.25) is 5.91 Å². The van der Waals surface area contributed by atoms with Crippen molar-refractivity contribution in [3.8, 4) is 0 Å². The van der Waals surface area contributed by atoms with Crippen LogP contribution in [0.1, 0.15) is 67.7 Å². The van der Waals surface area contributed by atoms with Crippen LogP contribution in [0.5, 0.6) is 0 Å². The Morgan fingerprint density at radius 3 is 1.88 bits per heavy atom. The number of rotatable bonds is 6. The van der Waals surface area contributed by atoms with E-state index in [1.807, 2.05) is 48.5 Å². The summed E-state index contributed by atoms with van der Waals surface area (Å²) in [5, 5.41) is 2.74. The minimum absolute atomic E-state index is 0.0528. The maximum absolute atomic E-state index is 11.1. The van der Waals surface area contributed by atoms with Crippen molar-refractivity contribution < 1.29 is 9.59 Å². The average Bonchev–Trinajstić information content (AvgIpc) is 2.38. The molecule has 0 aromatic heterocycles. The molecule has 17 heavy (non-hydrogen) atoms. The molecule has 0 saturated carbocycles. The first-order valence-corrected chi connectivity index (χ1v) is 6.87. The molecule has 0 aromatic carbocycles. The smallest absolute Gasteiger partial charge is 0.219 e. The molecule has 0 heterocycles. The number of hydrogen-bond donors (Lipinski definition) is 1. The predicted molar refractivity (Wildman–Crippen MR) is 75.1 cm³/mol. The van der Waals surface area contributed by atoms with E-state index in [9.17, 15) is 9.59 Å². The van der Waals surface area contributed by atoms with Gasteiger partial charge in [0, 0.05) is 25.3 Å². The van der Waals surface area contributed by atoms with Crippen LogP contribution in [-0.4, -0.2) is 18.2 Å². The van der Waals surface area contributed by atoms with Crippen LogP contribution in [0.15, 0.2) is 0 Å². The Hall–Kier alpha value is -0.860. The monoisotopic (exact) mass is 245 g/mol. The first kappa shape index (κ1) is 21.4. The Bertz CT molecular complexity index is 177. The number of amides is 1. The van der Waals surface area contributed by atoms with Crippen LogP contribution in [-0.2, 0) is 9.59 Å². The van der Waals surface area contributed by atoms with E-state index in [2.05, 4.69) is 5.32 Å². The molecule has 1 N–H and O–H groups in total. The first-order chi connectivity index (χ1) is 8.07. The van der Waals surface area contributed by atoms with E-state index in [4.69, 9.17) is 0 Å². The van der Waals surface area contributed by atoms with Crippen LogP contribution < -0.4 is 5.32 Å². The summed E-state index contributed by atoms with van der Waals surface area (Å²) in [5.41, 5.74) is 0. The molecule has 0 atom stereocenters. The average molecular weight is 245 g/mol. The molecular formula is C14H31NO2. The zero-order chi connectivity index (χ0) is 14.3. The lowest BCUT2D eigenvalue weighted by atomic mass is 10.0. The molecule has 0 bridgehead atoms. The molecule has 0 aromatic rings. The third kappa shape index (κ3) is 17.7. The fourth-order valence-electron chi connectivity index (χ4n) is 0.904. The number of hydrogen-bond acceptors (Lipinski definition) is 2. The van der Waals surface area contributed by atoms with E-state index >= 15 is 0 Å². The van der Waals surface area contributed by atoms with Gasteiger partial charge in [0.15, 0.2) is 0 Å². The van der Waals surface area contributed by atoms with Crippen LogP contribution in [0, 0.1) is 5.92 Å². The number of Topliss-reactive ketones (excluding diaryl/α,β-unsaturated/α-hetero) is 1. The van der Waals surface area contributed by atoms with E-state index in [1.165, 1.54) is 0 Å². The maximum Gasteiger partial charge on any atom is 0.219 e. The third-order valence-electron chi connectivity index (χ3n) is 1.89. The predicted octanol–water partition coefficient (Wildman–Crippen LogP) is 3.57. The van der Waals surface area contributed by atoms with Crippen molar-refractivity contribution in [3.05, 3.63) is 0 Å². The van der Waals surface area contributed by atoms with Gasteiger partial charge in [-0.25, -0.2) is 0 Å². The third-order valence-corrected chi connectivity index (χ3v) is 1.89. The summed E-state index contributed by atoms with van der Waals surface area (Å²) in [7, 11) is 0. The van der Waals surface area contributed by atoms with Gasteiger partial charge in [-0.1, -0.05) is 48.5 Å². The SMILES string of the molecule is CC.CC.CCC(=O)NCCCC(=O)C(C)C. The number of nitrogens with one attached hydrogen (secondary N) is 1. The second kappa shape index (κ2) is 17.5. The number of carbonyl (C=O) groups excluding carboxylic acids is 2. The van der Waals surface area contributed by atoms with Crippen LogP contribution >= 0.6 is 0 Å². The van der Waals surface area contributed by atoms with Gasteiger partial charge in [-0.2, -0.15) is 0 Å². The summed E-state index contributed by atoms with van der Waals surface area (Å²) in [6, 6.07) is 0. The zero-order valence-electron chi connectivity index (χ0n) is 12.7. The zero-order valence-corrected chi connectivity index (χ0v) is 12.7. The van der Waals surface area contributed by atoms with Gasteiger partial charge in [-0.3, -0.25) is 9.59 Å². The van der Waals surface area contributed by atoms with Crippen molar-refractivity contribution in [1.29, 1.82) is 0 Å². The largest absolute Gasteiger partial charge is 0.356 e. The van der Waals surface area contributed by atoms with Gasteiger partial charge in [-0.15, -0.1) is 0 Å². The Morgan fingerprint density at radius 2 is 1.53 bits per heavy atom. The summed E-state index contributed by atoms with van der Waals surface area (Å²) in [4.78, 5) is 21.9. The molecule has 0 saturated heterocycles. The molecule has 0 radical (unpaired) electrons. The lowest BCUT2D eigenvalue weighted by Gasteiger charge is -2.04. The lowest BCUT2D eigenvalue weighted by Crippen LogP contribution is -2.24. The Balaban J connectivity index is -0.000000439. The van der Waals surface area contributed by atoms with Gasteiger partial charge >= 0.3 is 0 Å². The van der Waals surface area contributed by atoms with E-state index in [-0.39, 0.29) is 17.6 Å². The van der Waals surface area contributed by atoms with Gasteiger partial charge in [0.05, 0.1) is 0 Å². The number of carbonyl (C=O) groups is 2. The fraction of sp³-hybridized carbons (Fsp3) is 0.857. The second-order valence-electron chi connectivity index (χ2n) is 3.43. The van der Waals surface area contributed by atoms with Crippen LogP contribution in [0.2, 0.25) is 0 Å². The van der Waals surface area contributed by atoms with Gasteiger partial charge in [0.1, 0.15) is 5.78 Å². The molecular weight excluding hydrogens is 214 g/mol. The van der Waals surface area contributed by atoms with Crippen molar-refractivity contribution in [2.45, 2.75) is 67.7 Å². The summed E-state index contributed by atoms with van der Waals surface area (Å²) < 4.78 is 0. The van der Waals surface area contributed by atoms with E-state index in [0.29, 0.717) is 19.4 Å². The molecule has 0 spiro atoms. The van der Waals surface area contributed by atoms with Crippen molar-refractivity contribution >= 4 is 11.7 Å². The van der Waals surface area contributed by atoms with Crippen LogP contribution in [0.3, 0.4) is 0 Å². The van der Waals surface area contributed by atoms with E-state index in [0.717, 1.165) is 6.42 Å². The molecule has 0 aliphatic carbocycles. The Kier molecular flexibility index (Phi) is 22.1. The lowest BCUT2D eigenvalue weighted by molar-refractivity contribution is -0.123. The van der Waals surface area contributed by atoms with Gasteiger partial charge in [0.25, 0.3) is 0 Å². The van der Waals surface area contributed by atoms with Crippen molar-refractivity contribution in [1.82, 2.24) is 5.32 Å². The van der Waals surface area contributed by atoms with Crippen molar-refractivity contribution in [3.63, 3.8) is 0 Å². The summed E-state index contributed by atoms with van der Waals surface area (Å²) >= 11 is 0. The molecule has 3 heteroatoms. The van der Waals surface area contributed by atoms with Crippen LogP contribution in [0.4, 0.5) is 0 Å². The molecule has 1 amide bonds. The number of ketones is 1. The minimum Gasteiger partial charge on any atom is -0.356 e. The van der Waals surface area contributed by atoms with Crippen molar-refractivity contribution in [2.75, 3.05) is 6.54 Å². The fourth-order valence-corrected chi connectivity index (χ4v) is 0.904. The Labute approximate surface area is 107 Å². The molecule has 0 aliphatic heterocycles. The molecule has 3 nitrogen and oxygen atoms in total. The standard InChI is InChI=1S/C10H19NO2.2C2H6/c1-4-10(13)11-7-5-6-9(12)8(2)3;2*1-2/h8H,4-7H2,1-3H3,(H,11,13);2*1-2H3. The minimum atomic E-state index is 0.0528. The van der Waals surface area contributed by atoms with Crippen LogP contribution in [0.25, 0.3) is 0 Å². The summed E-state index contributed by atoms with van der Waals surface area (Å²) in [5.74, 6) is 0.435. The topological polar surface area (TPSA) is 46.2 Å². The highest BCUT2D eigenvalue weighted by atomic mass is 16.1. The normalized spacial score (nSPS) is 8.47. The van der Waals surface area contributed by atoms with Crippen molar-refractivity contribution in [2.24, 2.45) is 5.92 Å². The molecule has 104 valence electrons. The summed E-state index contributed by atoms with van der Waals surface area (Å²) in [6.07, 6.45) is 1.84. The molecule has 0 unspecified atom stereocenters. The van der Waals surface area contributed by atoms with Gasteiger partial charge in [-0.05, 0) is 6.42 Å². The maximum atomic E-state index is 11.1. The van der Waals surface area contributed by atoms with E-state index in [1.54, 1.807) is 0 Å². The van der Waals surface area contributed by atoms with Gasteiger partial charge < -0.3 is 5.32 Å². The Morgan fingerprint density at radius 1 is 1.06 bits per heavy atom.